The molecule has 0 aliphatic heterocycles. The molecule has 0 aliphatic rings. The van der Waals surface area contributed by atoms with Gasteiger partial charge in [0.25, 0.3) is 0 Å². The van der Waals surface area contributed by atoms with Gasteiger partial charge in [-0.3, -0.25) is 4.99 Å². The summed E-state index contributed by atoms with van der Waals surface area (Å²) in [7, 11) is -2.33. The third-order valence-electron chi connectivity index (χ3n) is 4.44. The predicted octanol–water partition coefficient (Wildman–Crippen LogP) is 5.90. The van der Waals surface area contributed by atoms with E-state index in [0.29, 0.717) is 22.6 Å². The summed E-state index contributed by atoms with van der Waals surface area (Å²) in [5.74, 6) is 0.935. The second-order valence-electron chi connectivity index (χ2n) is 6.90. The van der Waals surface area contributed by atoms with Gasteiger partial charge in [-0.15, -0.1) is 0 Å². The third-order valence-corrected chi connectivity index (χ3v) is 6.49. The van der Waals surface area contributed by atoms with Crippen molar-refractivity contribution in [2.24, 2.45) is 4.99 Å². The first-order valence-corrected chi connectivity index (χ1v) is 11.4. The number of halogens is 1. The summed E-state index contributed by atoms with van der Waals surface area (Å²) in [6, 6.07) is 15.9. The topological polar surface area (TPSA) is 65.0 Å². The molecule has 7 heteroatoms. The van der Waals surface area contributed by atoms with E-state index in [1.165, 1.54) is 0 Å². The molecule has 0 aromatic heterocycles. The van der Waals surface area contributed by atoms with Crippen LogP contribution in [0.5, 0.6) is 11.5 Å². The summed E-state index contributed by atoms with van der Waals surface area (Å²) >= 11 is 3.43. The average molecular weight is 488 g/mol. The minimum Gasteiger partial charge on any atom is -0.496 e. The van der Waals surface area contributed by atoms with Gasteiger partial charge in [-0.25, -0.2) is 0 Å². The van der Waals surface area contributed by atoms with E-state index in [1.54, 1.807) is 51.4 Å². The second kappa shape index (κ2) is 9.02. The molecule has 3 rings (SSSR count). The van der Waals surface area contributed by atoms with Crippen molar-refractivity contribution in [1.29, 1.82) is 0 Å². The lowest BCUT2D eigenvalue weighted by Gasteiger charge is -2.13. The first kappa shape index (κ1) is 22.1. The van der Waals surface area contributed by atoms with Crippen molar-refractivity contribution >= 4 is 38.0 Å². The van der Waals surface area contributed by atoms with E-state index in [1.807, 2.05) is 37.3 Å². The molecule has 0 radical (unpaired) electrons. The van der Waals surface area contributed by atoms with Gasteiger partial charge >= 0.3 is 10.1 Å². The monoisotopic (exact) mass is 487 g/mol. The molecule has 0 unspecified atom stereocenters. The van der Waals surface area contributed by atoms with Crippen LogP contribution in [0.3, 0.4) is 0 Å². The summed E-state index contributed by atoms with van der Waals surface area (Å²) in [5, 5.41) is 0. The van der Waals surface area contributed by atoms with E-state index in [4.69, 9.17) is 8.92 Å². The molecule has 5 nitrogen and oxygen atoms in total. The van der Waals surface area contributed by atoms with Crippen LogP contribution in [0.2, 0.25) is 0 Å². The van der Waals surface area contributed by atoms with Crippen molar-refractivity contribution in [1.82, 2.24) is 0 Å². The number of hydrogen-bond donors (Lipinski definition) is 0. The smallest absolute Gasteiger partial charge is 0.339 e. The fraction of sp³-hybridized carbons (Fsp3) is 0.174. The SMILES string of the molecule is COc1ccc(Br)cc1/C=N/c1ccc(OS(=O)(=O)c2c(C)cc(C)cc2C)cc1. The molecule has 0 spiro atoms. The van der Waals surface area contributed by atoms with Crippen molar-refractivity contribution in [3.05, 3.63) is 81.3 Å². The zero-order valence-corrected chi connectivity index (χ0v) is 19.5. The van der Waals surface area contributed by atoms with Gasteiger partial charge in [-0.1, -0.05) is 33.6 Å². The van der Waals surface area contributed by atoms with Crippen LogP contribution in [-0.4, -0.2) is 21.7 Å². The molecule has 0 saturated carbocycles. The molecule has 0 atom stereocenters. The van der Waals surface area contributed by atoms with Gasteiger partial charge in [0.15, 0.2) is 0 Å². The molecule has 0 amide bonds. The molecular weight excluding hydrogens is 466 g/mol. The number of nitrogens with zero attached hydrogens (tertiary/aromatic N) is 1. The molecule has 30 heavy (non-hydrogen) atoms. The molecule has 3 aromatic carbocycles. The number of aliphatic imine (C=N–C) groups is 1. The fourth-order valence-electron chi connectivity index (χ4n) is 3.27. The number of aryl methyl sites for hydroxylation is 3. The molecule has 0 saturated heterocycles. The first-order valence-electron chi connectivity index (χ1n) is 9.19. The highest BCUT2D eigenvalue weighted by Crippen LogP contribution is 2.27. The van der Waals surface area contributed by atoms with E-state index in [-0.39, 0.29) is 10.6 Å². The quantitative estimate of drug-likeness (QED) is 0.320. The Morgan fingerprint density at radius 1 is 0.933 bits per heavy atom. The van der Waals surface area contributed by atoms with Gasteiger partial charge in [0.05, 0.1) is 12.8 Å². The lowest BCUT2D eigenvalue weighted by molar-refractivity contribution is 0.414. The molecule has 0 aliphatic carbocycles. The van der Waals surface area contributed by atoms with Gasteiger partial charge in [0.2, 0.25) is 0 Å². The largest absolute Gasteiger partial charge is 0.496 e. The number of methoxy groups -OCH3 is 1. The number of ether oxygens (including phenoxy) is 1. The Morgan fingerprint density at radius 3 is 2.17 bits per heavy atom. The maximum atomic E-state index is 12.8. The lowest BCUT2D eigenvalue weighted by atomic mass is 10.1. The van der Waals surface area contributed by atoms with E-state index in [0.717, 1.165) is 15.6 Å². The number of hydrogen-bond acceptors (Lipinski definition) is 5. The third kappa shape index (κ3) is 5.09. The van der Waals surface area contributed by atoms with Crippen LogP contribution in [0.1, 0.15) is 22.3 Å². The molecule has 0 heterocycles. The van der Waals surface area contributed by atoms with Gasteiger partial charge in [0.1, 0.15) is 16.4 Å². The minimum atomic E-state index is -3.93. The van der Waals surface area contributed by atoms with Crippen molar-refractivity contribution in [2.45, 2.75) is 25.7 Å². The Labute approximate surface area is 185 Å². The Morgan fingerprint density at radius 2 is 1.57 bits per heavy atom. The van der Waals surface area contributed by atoms with Crippen LogP contribution >= 0.6 is 15.9 Å². The van der Waals surface area contributed by atoms with Crippen LogP contribution in [0.15, 0.2) is 69.0 Å². The van der Waals surface area contributed by atoms with Gasteiger partial charge < -0.3 is 8.92 Å². The van der Waals surface area contributed by atoms with Gasteiger partial charge in [0, 0.05) is 16.3 Å². The number of rotatable bonds is 6. The maximum absolute atomic E-state index is 12.8. The van der Waals surface area contributed by atoms with E-state index in [9.17, 15) is 8.42 Å². The van der Waals surface area contributed by atoms with Crippen molar-refractivity contribution in [3.8, 4) is 11.5 Å². The predicted molar refractivity (Wildman–Crippen MR) is 123 cm³/mol. The van der Waals surface area contributed by atoms with Crippen LogP contribution in [0.25, 0.3) is 0 Å². The highest BCUT2D eigenvalue weighted by molar-refractivity contribution is 9.10. The lowest BCUT2D eigenvalue weighted by Crippen LogP contribution is -2.13. The van der Waals surface area contributed by atoms with E-state index < -0.39 is 10.1 Å². The van der Waals surface area contributed by atoms with Crippen LogP contribution < -0.4 is 8.92 Å². The Balaban J connectivity index is 1.81. The number of benzene rings is 3. The zero-order valence-electron chi connectivity index (χ0n) is 17.1. The molecule has 0 N–H and O–H groups in total. The second-order valence-corrected chi connectivity index (χ2v) is 9.30. The van der Waals surface area contributed by atoms with Gasteiger partial charge in [-0.05, 0) is 74.4 Å². The summed E-state index contributed by atoms with van der Waals surface area (Å²) in [5.41, 5.74) is 3.81. The highest BCUT2D eigenvalue weighted by atomic mass is 79.9. The van der Waals surface area contributed by atoms with Gasteiger partial charge in [-0.2, -0.15) is 8.42 Å². The average Bonchev–Trinajstić information content (AvgIpc) is 2.66. The molecule has 156 valence electrons. The fourth-order valence-corrected chi connectivity index (χ4v) is 5.00. The van der Waals surface area contributed by atoms with E-state index >= 15 is 0 Å². The van der Waals surface area contributed by atoms with Crippen molar-refractivity contribution < 1.29 is 17.3 Å². The van der Waals surface area contributed by atoms with Crippen molar-refractivity contribution in [3.63, 3.8) is 0 Å². The molecule has 0 fully saturated rings. The normalized spacial score (nSPS) is 11.6. The van der Waals surface area contributed by atoms with Crippen molar-refractivity contribution in [2.75, 3.05) is 7.11 Å². The Bertz CT molecular complexity index is 1180. The summed E-state index contributed by atoms with van der Waals surface area (Å²) < 4.78 is 37.2. The molecule has 3 aromatic rings. The van der Waals surface area contributed by atoms with Crippen LogP contribution in [0, 0.1) is 20.8 Å². The Kier molecular flexibility index (Phi) is 6.63. The summed E-state index contributed by atoms with van der Waals surface area (Å²) in [6.45, 7) is 5.47. The van der Waals surface area contributed by atoms with Crippen LogP contribution in [0.4, 0.5) is 5.69 Å². The molecule has 0 bridgehead atoms. The zero-order chi connectivity index (χ0) is 21.9. The summed E-state index contributed by atoms with van der Waals surface area (Å²) in [6.07, 6.45) is 1.69. The highest BCUT2D eigenvalue weighted by Gasteiger charge is 2.22. The standard InChI is InChI=1S/C23H22BrNO4S/c1-15-11-16(2)23(17(3)12-15)30(26,27)29-21-8-6-20(7-9-21)25-14-18-13-19(24)5-10-22(18)28-4/h5-14H,1-4H3/b25-14+. The minimum absolute atomic E-state index is 0.206. The summed E-state index contributed by atoms with van der Waals surface area (Å²) in [4.78, 5) is 4.63. The maximum Gasteiger partial charge on any atom is 0.339 e. The Hall–Kier alpha value is -2.64. The molecular formula is C23H22BrNO4S. The van der Waals surface area contributed by atoms with Crippen LogP contribution in [-0.2, 0) is 10.1 Å². The van der Waals surface area contributed by atoms with E-state index in [2.05, 4.69) is 20.9 Å². The first-order chi connectivity index (χ1) is 14.2.